The Kier molecular flexibility index (Phi) is 7.90. The summed E-state index contributed by atoms with van der Waals surface area (Å²) in [6.07, 6.45) is 16.5. The molecule has 2 fully saturated rings. The lowest BCUT2D eigenvalue weighted by Gasteiger charge is -2.49. The maximum atomic E-state index is 12.7. The smallest absolute Gasteiger partial charge is 0.410 e. The second-order valence-corrected chi connectivity index (χ2v) is 7.95. The molecular formula is C21H39NO2. The number of hydrogen-bond acceptors (Lipinski definition) is 2. The molecular weight excluding hydrogens is 298 g/mol. The van der Waals surface area contributed by atoms with Gasteiger partial charge in [-0.3, -0.25) is 4.90 Å². The lowest BCUT2D eigenvalue weighted by Crippen LogP contribution is -2.57. The van der Waals surface area contributed by atoms with Crippen molar-refractivity contribution >= 4 is 6.09 Å². The summed E-state index contributed by atoms with van der Waals surface area (Å²) in [7, 11) is 0. The van der Waals surface area contributed by atoms with Gasteiger partial charge in [-0.2, -0.15) is 0 Å². The minimum Gasteiger partial charge on any atom is -0.450 e. The third-order valence-corrected chi connectivity index (χ3v) is 6.42. The molecule has 0 radical (unpaired) electrons. The predicted octanol–water partition coefficient (Wildman–Crippen LogP) is 6.31. The van der Waals surface area contributed by atoms with Gasteiger partial charge in [0.2, 0.25) is 0 Å². The van der Waals surface area contributed by atoms with Gasteiger partial charge in [-0.05, 0) is 57.8 Å². The Balaban J connectivity index is 2.07. The molecule has 3 heteroatoms. The highest BCUT2D eigenvalue weighted by atomic mass is 16.6. The van der Waals surface area contributed by atoms with Gasteiger partial charge in [0, 0.05) is 11.6 Å². The van der Waals surface area contributed by atoms with Crippen LogP contribution in [-0.4, -0.2) is 29.2 Å². The minimum atomic E-state index is -0.0354. The van der Waals surface area contributed by atoms with Crippen LogP contribution in [-0.2, 0) is 4.74 Å². The summed E-state index contributed by atoms with van der Waals surface area (Å²) in [5.41, 5.74) is 0.107. The van der Waals surface area contributed by atoms with Crippen LogP contribution in [0.3, 0.4) is 0 Å². The first-order valence-electron chi connectivity index (χ1n) is 10.7. The van der Waals surface area contributed by atoms with E-state index < -0.39 is 0 Å². The maximum absolute atomic E-state index is 12.7. The number of nitrogens with zero attached hydrogens (tertiary/aromatic N) is 1. The quantitative estimate of drug-likeness (QED) is 0.437. The zero-order valence-corrected chi connectivity index (χ0v) is 16.3. The van der Waals surface area contributed by atoms with Gasteiger partial charge in [0.25, 0.3) is 0 Å². The Labute approximate surface area is 149 Å². The standard InChI is InChI=1S/C21H39NO2/c1-4-7-8-9-10-13-18(12-5-2)21-16-11-14-19(15-17-21)22(21)20(23)24-6-3/h18-19H,4-17H2,1-3H3. The number of carbonyl (C=O) groups excluding carboxylic acids is 1. The van der Waals surface area contributed by atoms with E-state index in [2.05, 4.69) is 18.7 Å². The number of hydrogen-bond donors (Lipinski definition) is 0. The number of fused-ring (bicyclic) bond motifs is 2. The number of ether oxygens (including phenoxy) is 1. The van der Waals surface area contributed by atoms with E-state index in [-0.39, 0.29) is 11.6 Å². The molecule has 1 amide bonds. The van der Waals surface area contributed by atoms with Crippen molar-refractivity contribution in [2.24, 2.45) is 5.92 Å². The normalized spacial score (nSPS) is 27.3. The van der Waals surface area contributed by atoms with E-state index in [1.165, 1.54) is 83.5 Å². The number of piperidine rings is 1. The van der Waals surface area contributed by atoms with Crippen LogP contribution >= 0.6 is 0 Å². The van der Waals surface area contributed by atoms with Crippen molar-refractivity contribution in [3.63, 3.8) is 0 Å². The molecule has 140 valence electrons. The fourth-order valence-corrected chi connectivity index (χ4v) is 5.35. The van der Waals surface area contributed by atoms with E-state index in [9.17, 15) is 4.79 Å². The highest BCUT2D eigenvalue weighted by Gasteiger charge is 2.54. The zero-order valence-electron chi connectivity index (χ0n) is 16.3. The fraction of sp³-hybridized carbons (Fsp3) is 0.952. The summed E-state index contributed by atoms with van der Waals surface area (Å²) in [5.74, 6) is 0.666. The molecule has 0 aromatic carbocycles. The highest BCUT2D eigenvalue weighted by Crippen LogP contribution is 2.51. The van der Waals surface area contributed by atoms with Gasteiger partial charge in [0.1, 0.15) is 0 Å². The van der Waals surface area contributed by atoms with Crippen LogP contribution in [0.4, 0.5) is 4.79 Å². The van der Waals surface area contributed by atoms with E-state index in [0.717, 1.165) is 0 Å². The molecule has 3 unspecified atom stereocenters. The molecule has 2 bridgehead atoms. The van der Waals surface area contributed by atoms with Crippen LogP contribution in [0.5, 0.6) is 0 Å². The van der Waals surface area contributed by atoms with Gasteiger partial charge in [-0.1, -0.05) is 52.4 Å². The minimum absolute atomic E-state index is 0.0354. The molecule has 2 aliphatic heterocycles. The molecule has 24 heavy (non-hydrogen) atoms. The van der Waals surface area contributed by atoms with Crippen molar-refractivity contribution in [3.05, 3.63) is 0 Å². The average Bonchev–Trinajstić information content (AvgIpc) is 2.81. The first-order chi connectivity index (χ1) is 11.7. The summed E-state index contributed by atoms with van der Waals surface area (Å²) < 4.78 is 5.46. The Bertz CT molecular complexity index is 380. The second kappa shape index (κ2) is 9.68. The molecule has 2 saturated heterocycles. The van der Waals surface area contributed by atoms with E-state index in [1.807, 2.05) is 6.92 Å². The van der Waals surface area contributed by atoms with Crippen molar-refractivity contribution in [1.29, 1.82) is 0 Å². The summed E-state index contributed by atoms with van der Waals surface area (Å²) in [6, 6.07) is 0.442. The molecule has 2 heterocycles. The second-order valence-electron chi connectivity index (χ2n) is 7.95. The third-order valence-electron chi connectivity index (χ3n) is 6.42. The van der Waals surface area contributed by atoms with Gasteiger partial charge >= 0.3 is 6.09 Å². The molecule has 0 aliphatic carbocycles. The lowest BCUT2D eigenvalue weighted by atomic mass is 9.72. The van der Waals surface area contributed by atoms with Crippen LogP contribution in [0.25, 0.3) is 0 Å². The highest BCUT2D eigenvalue weighted by molar-refractivity contribution is 5.70. The monoisotopic (exact) mass is 337 g/mol. The number of amides is 1. The number of carbonyl (C=O) groups is 1. The van der Waals surface area contributed by atoms with Crippen LogP contribution in [0, 0.1) is 5.92 Å². The third kappa shape index (κ3) is 4.26. The van der Waals surface area contributed by atoms with Crippen LogP contribution in [0.15, 0.2) is 0 Å². The Morgan fingerprint density at radius 3 is 2.54 bits per heavy atom. The van der Waals surface area contributed by atoms with E-state index >= 15 is 0 Å². The van der Waals surface area contributed by atoms with E-state index in [4.69, 9.17) is 4.74 Å². The Morgan fingerprint density at radius 1 is 1.04 bits per heavy atom. The van der Waals surface area contributed by atoms with Crippen molar-refractivity contribution < 1.29 is 9.53 Å². The zero-order chi connectivity index (χ0) is 17.4. The van der Waals surface area contributed by atoms with Crippen molar-refractivity contribution in [2.75, 3.05) is 6.61 Å². The summed E-state index contributed by atoms with van der Waals surface area (Å²) in [5, 5.41) is 0. The predicted molar refractivity (Wildman–Crippen MR) is 100 cm³/mol. The fourth-order valence-electron chi connectivity index (χ4n) is 5.35. The topological polar surface area (TPSA) is 29.5 Å². The molecule has 0 spiro atoms. The molecule has 0 aromatic rings. The molecule has 3 nitrogen and oxygen atoms in total. The Morgan fingerprint density at radius 2 is 1.83 bits per heavy atom. The first kappa shape index (κ1) is 19.6. The molecule has 3 atom stereocenters. The van der Waals surface area contributed by atoms with Crippen LogP contribution in [0.2, 0.25) is 0 Å². The molecule has 2 rings (SSSR count). The van der Waals surface area contributed by atoms with Crippen LogP contribution < -0.4 is 0 Å². The molecule has 2 aliphatic rings. The van der Waals surface area contributed by atoms with Gasteiger partial charge in [-0.25, -0.2) is 4.79 Å². The van der Waals surface area contributed by atoms with Crippen LogP contribution in [0.1, 0.15) is 104 Å². The lowest BCUT2D eigenvalue weighted by molar-refractivity contribution is -0.00314. The van der Waals surface area contributed by atoms with Gasteiger partial charge in [-0.15, -0.1) is 0 Å². The summed E-state index contributed by atoms with van der Waals surface area (Å²) >= 11 is 0. The van der Waals surface area contributed by atoms with E-state index in [1.54, 1.807) is 0 Å². The summed E-state index contributed by atoms with van der Waals surface area (Å²) in [6.45, 7) is 6.99. The van der Waals surface area contributed by atoms with Crippen molar-refractivity contribution in [2.45, 2.75) is 116 Å². The van der Waals surface area contributed by atoms with Crippen molar-refractivity contribution in [3.8, 4) is 0 Å². The average molecular weight is 338 g/mol. The van der Waals surface area contributed by atoms with Gasteiger partial charge in [0.05, 0.1) is 6.61 Å². The first-order valence-corrected chi connectivity index (χ1v) is 10.7. The maximum Gasteiger partial charge on any atom is 0.410 e. The number of rotatable bonds is 10. The van der Waals surface area contributed by atoms with Gasteiger partial charge in [0.15, 0.2) is 0 Å². The Hall–Kier alpha value is -0.730. The van der Waals surface area contributed by atoms with Crippen molar-refractivity contribution in [1.82, 2.24) is 4.90 Å². The largest absolute Gasteiger partial charge is 0.450 e. The summed E-state index contributed by atoms with van der Waals surface area (Å²) in [4.78, 5) is 14.9. The molecule has 0 N–H and O–H groups in total. The van der Waals surface area contributed by atoms with Gasteiger partial charge < -0.3 is 4.74 Å². The molecule has 0 aromatic heterocycles. The number of unbranched alkanes of at least 4 members (excludes halogenated alkanes) is 4. The SMILES string of the molecule is CCCCCCCC(CCC)C12CCCC(CC1)N2C(=O)OCC. The van der Waals surface area contributed by atoms with E-state index in [0.29, 0.717) is 18.6 Å². The molecule has 0 saturated carbocycles.